The second-order valence-corrected chi connectivity index (χ2v) is 4.21. The number of thioether (sulfide) groups is 1. The normalized spacial score (nSPS) is 17.4. The van der Waals surface area contributed by atoms with Crippen molar-refractivity contribution in [3.05, 3.63) is 35.4 Å². The first-order valence-corrected chi connectivity index (χ1v) is 5.43. The van der Waals surface area contributed by atoms with Crippen LogP contribution in [0.4, 0.5) is 0 Å². The fourth-order valence-corrected chi connectivity index (χ4v) is 2.36. The maximum atomic E-state index is 5.66. The molecule has 0 radical (unpaired) electrons. The Morgan fingerprint density at radius 2 is 2.08 bits per heavy atom. The van der Waals surface area contributed by atoms with Crippen molar-refractivity contribution in [1.82, 2.24) is 0 Å². The minimum Gasteiger partial charge on any atom is -0.326 e. The van der Waals surface area contributed by atoms with Gasteiger partial charge in [0, 0.05) is 24.0 Å². The molecular formula is C10H13NS. The van der Waals surface area contributed by atoms with Gasteiger partial charge in [-0.15, -0.1) is 0 Å². The molecular weight excluding hydrogens is 166 g/mol. The zero-order chi connectivity index (χ0) is 8.39. The van der Waals surface area contributed by atoms with Crippen molar-refractivity contribution in [3.8, 4) is 0 Å². The number of rotatable bonds is 2. The molecule has 0 aliphatic carbocycles. The average molecular weight is 179 g/mol. The highest BCUT2D eigenvalue weighted by molar-refractivity contribution is 8.00. The van der Waals surface area contributed by atoms with Crippen LogP contribution in [0, 0.1) is 0 Å². The average Bonchev–Trinajstić information content (AvgIpc) is 2.02. The number of benzene rings is 1. The van der Waals surface area contributed by atoms with Crippen LogP contribution in [0.1, 0.15) is 17.0 Å². The molecule has 0 atom stereocenters. The molecule has 1 heterocycles. The minimum atomic E-state index is 0.678. The number of hydrogen-bond acceptors (Lipinski definition) is 2. The van der Waals surface area contributed by atoms with Crippen LogP contribution in [-0.2, 0) is 6.54 Å². The first-order valence-electron chi connectivity index (χ1n) is 4.27. The Labute approximate surface area is 77.3 Å². The largest absolute Gasteiger partial charge is 0.326 e. The van der Waals surface area contributed by atoms with Crippen molar-refractivity contribution in [2.75, 3.05) is 11.5 Å². The molecule has 0 bridgehead atoms. The fraction of sp³-hybridized carbons (Fsp3) is 0.400. The molecule has 0 unspecified atom stereocenters. The summed E-state index contributed by atoms with van der Waals surface area (Å²) in [6.07, 6.45) is 0. The van der Waals surface area contributed by atoms with Crippen LogP contribution in [0.5, 0.6) is 0 Å². The Morgan fingerprint density at radius 3 is 2.67 bits per heavy atom. The third kappa shape index (κ3) is 1.37. The molecule has 0 spiro atoms. The van der Waals surface area contributed by atoms with Gasteiger partial charge in [0.05, 0.1) is 0 Å². The van der Waals surface area contributed by atoms with Crippen molar-refractivity contribution in [2.24, 2.45) is 5.73 Å². The van der Waals surface area contributed by atoms with E-state index in [1.165, 1.54) is 22.6 Å². The predicted octanol–water partition coefficient (Wildman–Crippen LogP) is 1.98. The van der Waals surface area contributed by atoms with Gasteiger partial charge in [0.25, 0.3) is 0 Å². The van der Waals surface area contributed by atoms with E-state index >= 15 is 0 Å². The van der Waals surface area contributed by atoms with Gasteiger partial charge in [-0.3, -0.25) is 0 Å². The van der Waals surface area contributed by atoms with Crippen LogP contribution in [-0.4, -0.2) is 11.5 Å². The highest BCUT2D eigenvalue weighted by atomic mass is 32.2. The van der Waals surface area contributed by atoms with Crippen LogP contribution in [0.3, 0.4) is 0 Å². The lowest BCUT2D eigenvalue weighted by atomic mass is 9.96. The van der Waals surface area contributed by atoms with E-state index in [1.54, 1.807) is 0 Å². The van der Waals surface area contributed by atoms with Crippen molar-refractivity contribution in [2.45, 2.75) is 12.5 Å². The molecule has 0 saturated carbocycles. The summed E-state index contributed by atoms with van der Waals surface area (Å²) in [5.41, 5.74) is 8.45. The van der Waals surface area contributed by atoms with Gasteiger partial charge in [0.1, 0.15) is 0 Å². The molecule has 1 fully saturated rings. The summed E-state index contributed by atoms with van der Waals surface area (Å²) in [4.78, 5) is 0. The first kappa shape index (κ1) is 8.14. The number of nitrogens with two attached hydrogens (primary N) is 1. The van der Waals surface area contributed by atoms with Gasteiger partial charge in [-0.2, -0.15) is 11.8 Å². The van der Waals surface area contributed by atoms with Crippen LogP contribution in [0.2, 0.25) is 0 Å². The van der Waals surface area contributed by atoms with Gasteiger partial charge in [0.15, 0.2) is 0 Å². The molecule has 1 saturated heterocycles. The lowest BCUT2D eigenvalue weighted by Gasteiger charge is -2.27. The summed E-state index contributed by atoms with van der Waals surface area (Å²) in [5.74, 6) is 3.32. The van der Waals surface area contributed by atoms with E-state index in [9.17, 15) is 0 Å². The predicted molar refractivity (Wildman–Crippen MR) is 54.4 cm³/mol. The summed E-state index contributed by atoms with van der Waals surface area (Å²) < 4.78 is 0. The molecule has 1 nitrogen and oxygen atoms in total. The van der Waals surface area contributed by atoms with Crippen molar-refractivity contribution in [1.29, 1.82) is 0 Å². The van der Waals surface area contributed by atoms with E-state index < -0.39 is 0 Å². The third-order valence-electron chi connectivity index (χ3n) is 2.35. The molecule has 2 N–H and O–H groups in total. The first-order chi connectivity index (χ1) is 5.92. The van der Waals surface area contributed by atoms with Gasteiger partial charge in [-0.25, -0.2) is 0 Å². The van der Waals surface area contributed by atoms with Gasteiger partial charge in [0.2, 0.25) is 0 Å². The number of hydrogen-bond donors (Lipinski definition) is 1. The van der Waals surface area contributed by atoms with E-state index in [2.05, 4.69) is 24.3 Å². The Balaban J connectivity index is 2.27. The molecule has 0 aromatic heterocycles. The maximum absolute atomic E-state index is 5.66. The Hall–Kier alpha value is -0.470. The zero-order valence-corrected chi connectivity index (χ0v) is 7.81. The molecule has 1 aliphatic heterocycles. The summed E-state index contributed by atoms with van der Waals surface area (Å²) in [5, 5.41) is 0. The Bertz CT molecular complexity index is 268. The Morgan fingerprint density at radius 1 is 1.33 bits per heavy atom. The van der Waals surface area contributed by atoms with Crippen LogP contribution < -0.4 is 5.73 Å². The second kappa shape index (κ2) is 3.50. The molecule has 1 aliphatic rings. The van der Waals surface area contributed by atoms with Crippen molar-refractivity contribution >= 4 is 11.8 Å². The van der Waals surface area contributed by atoms with Crippen molar-refractivity contribution < 1.29 is 0 Å². The van der Waals surface area contributed by atoms with Crippen LogP contribution in [0.15, 0.2) is 24.3 Å². The van der Waals surface area contributed by atoms with Gasteiger partial charge in [-0.1, -0.05) is 24.3 Å². The summed E-state index contributed by atoms with van der Waals surface area (Å²) in [7, 11) is 0. The summed E-state index contributed by atoms with van der Waals surface area (Å²) in [6.45, 7) is 0.678. The highest BCUT2D eigenvalue weighted by Crippen LogP contribution is 2.35. The highest BCUT2D eigenvalue weighted by Gasteiger charge is 2.21. The van der Waals surface area contributed by atoms with E-state index in [1.807, 2.05) is 11.8 Å². The van der Waals surface area contributed by atoms with Gasteiger partial charge >= 0.3 is 0 Å². The SMILES string of the molecule is NCc1ccccc1C1CSC1. The fourth-order valence-electron chi connectivity index (χ4n) is 1.53. The summed E-state index contributed by atoms with van der Waals surface area (Å²) >= 11 is 2.02. The molecule has 2 rings (SSSR count). The van der Waals surface area contributed by atoms with E-state index in [0.29, 0.717) is 6.54 Å². The minimum absolute atomic E-state index is 0.678. The van der Waals surface area contributed by atoms with Gasteiger partial charge < -0.3 is 5.73 Å². The zero-order valence-electron chi connectivity index (χ0n) is 6.99. The summed E-state index contributed by atoms with van der Waals surface area (Å²) in [6, 6.07) is 8.53. The van der Waals surface area contributed by atoms with Crippen LogP contribution >= 0.6 is 11.8 Å². The lowest BCUT2D eigenvalue weighted by molar-refractivity contribution is 0.826. The van der Waals surface area contributed by atoms with Crippen molar-refractivity contribution in [3.63, 3.8) is 0 Å². The standard InChI is InChI=1S/C10H13NS/c11-5-8-3-1-2-4-10(8)9-6-12-7-9/h1-4,9H,5-7,11H2. The quantitative estimate of drug-likeness (QED) is 0.751. The monoisotopic (exact) mass is 179 g/mol. The van der Waals surface area contributed by atoms with Gasteiger partial charge in [-0.05, 0) is 11.1 Å². The smallest absolute Gasteiger partial charge is 0.0180 e. The molecule has 1 aromatic rings. The lowest BCUT2D eigenvalue weighted by Crippen LogP contribution is -2.18. The molecule has 64 valence electrons. The molecule has 0 amide bonds. The van der Waals surface area contributed by atoms with Crippen LogP contribution in [0.25, 0.3) is 0 Å². The van der Waals surface area contributed by atoms with E-state index in [-0.39, 0.29) is 0 Å². The molecule has 1 aromatic carbocycles. The van der Waals surface area contributed by atoms with E-state index in [0.717, 1.165) is 5.92 Å². The second-order valence-electron chi connectivity index (χ2n) is 3.14. The third-order valence-corrected chi connectivity index (χ3v) is 3.63. The topological polar surface area (TPSA) is 26.0 Å². The Kier molecular flexibility index (Phi) is 2.38. The molecule has 2 heteroatoms. The molecule has 12 heavy (non-hydrogen) atoms. The maximum Gasteiger partial charge on any atom is 0.0180 e. The van der Waals surface area contributed by atoms with E-state index in [4.69, 9.17) is 5.73 Å².